The first-order valence-corrected chi connectivity index (χ1v) is 9.55. The maximum absolute atomic E-state index is 12.8. The first kappa shape index (κ1) is 21.2. The summed E-state index contributed by atoms with van der Waals surface area (Å²) in [5.74, 6) is 3.37. The Morgan fingerprint density at radius 3 is 2.47 bits per heavy atom. The number of nitrogens with two attached hydrogens (primary N) is 2. The van der Waals surface area contributed by atoms with Crippen LogP contribution < -0.4 is 16.5 Å². The van der Waals surface area contributed by atoms with Crippen LogP contribution in [-0.4, -0.2) is 42.1 Å². The highest BCUT2D eigenvalue weighted by Gasteiger charge is 2.45. The van der Waals surface area contributed by atoms with Crippen molar-refractivity contribution in [2.45, 2.75) is 31.4 Å². The summed E-state index contributed by atoms with van der Waals surface area (Å²) in [6, 6.07) is 16.0. The fourth-order valence-corrected chi connectivity index (χ4v) is 3.34. The Kier molecular flexibility index (Phi) is 6.27. The van der Waals surface area contributed by atoms with Gasteiger partial charge in [-0.2, -0.15) is 5.10 Å². The molecular weight excluding hydrogens is 384 g/mol. The summed E-state index contributed by atoms with van der Waals surface area (Å²) in [6.07, 6.45) is 0.822. The summed E-state index contributed by atoms with van der Waals surface area (Å²) in [6.45, 7) is 1.64. The lowest BCUT2D eigenvalue weighted by atomic mass is 9.88. The third kappa shape index (κ3) is 4.38. The molecule has 0 aromatic heterocycles. The summed E-state index contributed by atoms with van der Waals surface area (Å²) < 4.78 is 5.42. The standard InChI is InChI=1S/C22H24N4O4/c1-15(27)22(23,13-16-5-3-2-4-6-16)21(29)30-19-11-12-26(20(19)28)18-9-7-17(8-10-18)14-25-24/h2-10,14,19H,11-13,23-24H2,1H3. The normalized spacial score (nSPS) is 18.4. The fourth-order valence-electron chi connectivity index (χ4n) is 3.34. The third-order valence-electron chi connectivity index (χ3n) is 5.15. The maximum atomic E-state index is 12.8. The van der Waals surface area contributed by atoms with Gasteiger partial charge >= 0.3 is 5.97 Å². The molecule has 1 fully saturated rings. The van der Waals surface area contributed by atoms with E-state index in [0.717, 1.165) is 11.1 Å². The van der Waals surface area contributed by atoms with Crippen LogP contribution in [0.2, 0.25) is 0 Å². The molecule has 0 radical (unpaired) electrons. The summed E-state index contributed by atoms with van der Waals surface area (Å²) in [7, 11) is 0. The molecule has 0 spiro atoms. The van der Waals surface area contributed by atoms with E-state index in [9.17, 15) is 14.4 Å². The van der Waals surface area contributed by atoms with Gasteiger partial charge in [-0.15, -0.1) is 0 Å². The van der Waals surface area contributed by atoms with Gasteiger partial charge in [0.15, 0.2) is 17.4 Å². The highest BCUT2D eigenvalue weighted by atomic mass is 16.6. The first-order valence-electron chi connectivity index (χ1n) is 9.55. The second-order valence-corrected chi connectivity index (χ2v) is 7.23. The predicted molar refractivity (Wildman–Crippen MR) is 113 cm³/mol. The zero-order chi connectivity index (χ0) is 21.7. The van der Waals surface area contributed by atoms with E-state index in [2.05, 4.69) is 5.10 Å². The second kappa shape index (κ2) is 8.87. The summed E-state index contributed by atoms with van der Waals surface area (Å²) in [5, 5.41) is 3.46. The van der Waals surface area contributed by atoms with Gasteiger partial charge in [0.1, 0.15) is 0 Å². The third-order valence-corrected chi connectivity index (χ3v) is 5.15. The van der Waals surface area contributed by atoms with Crippen LogP contribution in [0.25, 0.3) is 0 Å². The van der Waals surface area contributed by atoms with E-state index >= 15 is 0 Å². The molecule has 1 aliphatic heterocycles. The molecule has 1 heterocycles. The molecule has 8 heteroatoms. The highest BCUT2D eigenvalue weighted by molar-refractivity contribution is 6.09. The zero-order valence-electron chi connectivity index (χ0n) is 16.7. The number of Topliss-reactive ketones (excluding diaryl/α,β-unsaturated/α-hetero) is 1. The van der Waals surface area contributed by atoms with Crippen LogP contribution in [0.1, 0.15) is 24.5 Å². The van der Waals surface area contributed by atoms with Gasteiger partial charge in [-0.05, 0) is 30.2 Å². The van der Waals surface area contributed by atoms with Crippen molar-refractivity contribution in [2.75, 3.05) is 11.4 Å². The zero-order valence-corrected chi connectivity index (χ0v) is 16.7. The molecule has 0 bridgehead atoms. The van der Waals surface area contributed by atoms with Gasteiger partial charge in [-0.1, -0.05) is 42.5 Å². The number of hydrogen-bond acceptors (Lipinski definition) is 7. The van der Waals surface area contributed by atoms with Crippen molar-refractivity contribution in [1.82, 2.24) is 0 Å². The van der Waals surface area contributed by atoms with Crippen molar-refractivity contribution in [3.8, 4) is 0 Å². The van der Waals surface area contributed by atoms with Crippen molar-refractivity contribution in [2.24, 2.45) is 16.7 Å². The lowest BCUT2D eigenvalue weighted by Gasteiger charge is -2.26. The molecule has 2 aromatic rings. The predicted octanol–water partition coefficient (Wildman–Crippen LogP) is 1.16. The van der Waals surface area contributed by atoms with E-state index in [1.165, 1.54) is 18.0 Å². The van der Waals surface area contributed by atoms with Gasteiger partial charge in [0.05, 0.1) is 6.21 Å². The van der Waals surface area contributed by atoms with Crippen LogP contribution in [-0.2, 0) is 25.5 Å². The molecule has 1 saturated heterocycles. The number of rotatable bonds is 7. The molecule has 30 heavy (non-hydrogen) atoms. The lowest BCUT2D eigenvalue weighted by molar-refractivity contribution is -0.161. The van der Waals surface area contributed by atoms with Crippen LogP contribution in [0.4, 0.5) is 5.69 Å². The Hall–Kier alpha value is -3.52. The molecule has 2 aromatic carbocycles. The number of anilines is 1. The monoisotopic (exact) mass is 408 g/mol. The number of ether oxygens (including phenoxy) is 1. The number of carbonyl (C=O) groups is 3. The second-order valence-electron chi connectivity index (χ2n) is 7.23. The van der Waals surface area contributed by atoms with Crippen LogP contribution in [0.15, 0.2) is 59.7 Å². The molecule has 2 atom stereocenters. The maximum Gasteiger partial charge on any atom is 0.335 e. The number of ketones is 1. The van der Waals surface area contributed by atoms with Gasteiger partial charge in [-0.25, -0.2) is 4.79 Å². The van der Waals surface area contributed by atoms with Gasteiger partial charge in [0, 0.05) is 25.1 Å². The number of esters is 1. The molecule has 8 nitrogen and oxygen atoms in total. The van der Waals surface area contributed by atoms with E-state index in [4.69, 9.17) is 16.3 Å². The molecule has 0 aliphatic carbocycles. The SMILES string of the molecule is CC(=O)C(N)(Cc1ccccc1)C(=O)OC1CCN(c2ccc(C=NN)cc2)C1=O. The van der Waals surface area contributed by atoms with Crippen molar-refractivity contribution in [3.63, 3.8) is 0 Å². The van der Waals surface area contributed by atoms with Gasteiger partial charge in [0.2, 0.25) is 0 Å². The van der Waals surface area contributed by atoms with Crippen LogP contribution in [0.5, 0.6) is 0 Å². The summed E-state index contributed by atoms with van der Waals surface area (Å²) in [5.41, 5.74) is 6.51. The minimum atomic E-state index is -1.85. The molecule has 4 N–H and O–H groups in total. The number of hydrazone groups is 1. The quantitative estimate of drug-likeness (QED) is 0.233. The van der Waals surface area contributed by atoms with E-state index in [1.807, 2.05) is 6.07 Å². The smallest absolute Gasteiger partial charge is 0.335 e. The molecule has 2 unspecified atom stereocenters. The van der Waals surface area contributed by atoms with Gasteiger partial charge < -0.3 is 21.2 Å². The average Bonchev–Trinajstić information content (AvgIpc) is 3.09. The highest BCUT2D eigenvalue weighted by Crippen LogP contribution is 2.25. The average molecular weight is 408 g/mol. The Morgan fingerprint density at radius 2 is 1.87 bits per heavy atom. The van der Waals surface area contributed by atoms with Crippen molar-refractivity contribution in [3.05, 3.63) is 65.7 Å². The Bertz CT molecular complexity index is 959. The number of hydrogen-bond donors (Lipinski definition) is 2. The van der Waals surface area contributed by atoms with Gasteiger partial charge in [-0.3, -0.25) is 9.59 Å². The van der Waals surface area contributed by atoms with Gasteiger partial charge in [0.25, 0.3) is 5.91 Å². The van der Waals surface area contributed by atoms with Crippen molar-refractivity contribution >= 4 is 29.6 Å². The number of carbonyl (C=O) groups excluding carboxylic acids is 3. The van der Waals surface area contributed by atoms with E-state index in [1.54, 1.807) is 48.5 Å². The van der Waals surface area contributed by atoms with Crippen molar-refractivity contribution in [1.29, 1.82) is 0 Å². The lowest BCUT2D eigenvalue weighted by Crippen LogP contribution is -2.57. The molecule has 1 amide bonds. The van der Waals surface area contributed by atoms with E-state index < -0.39 is 23.4 Å². The van der Waals surface area contributed by atoms with Crippen LogP contribution in [0, 0.1) is 0 Å². The fraction of sp³-hybridized carbons (Fsp3) is 0.273. The topological polar surface area (TPSA) is 128 Å². The summed E-state index contributed by atoms with van der Waals surface area (Å²) in [4.78, 5) is 39.3. The summed E-state index contributed by atoms with van der Waals surface area (Å²) >= 11 is 0. The Morgan fingerprint density at radius 1 is 1.20 bits per heavy atom. The first-order chi connectivity index (χ1) is 14.3. The minimum absolute atomic E-state index is 0.00318. The van der Waals surface area contributed by atoms with E-state index in [-0.39, 0.29) is 12.3 Å². The molecule has 0 saturated carbocycles. The number of benzene rings is 2. The number of amides is 1. The van der Waals surface area contributed by atoms with Crippen LogP contribution >= 0.6 is 0 Å². The van der Waals surface area contributed by atoms with Crippen molar-refractivity contribution < 1.29 is 19.1 Å². The minimum Gasteiger partial charge on any atom is -0.450 e. The molecule has 3 rings (SSSR count). The molecule has 1 aliphatic rings. The Balaban J connectivity index is 1.71. The molecular formula is C22H24N4O4. The molecule has 156 valence electrons. The van der Waals surface area contributed by atoms with E-state index in [0.29, 0.717) is 18.7 Å². The number of nitrogens with zero attached hydrogens (tertiary/aromatic N) is 2. The van der Waals surface area contributed by atoms with Crippen LogP contribution in [0.3, 0.4) is 0 Å². The Labute approximate surface area is 174 Å². The largest absolute Gasteiger partial charge is 0.450 e.